The summed E-state index contributed by atoms with van der Waals surface area (Å²) >= 11 is 0. The number of alkyl halides is 3. The van der Waals surface area contributed by atoms with Gasteiger partial charge in [-0.05, 0) is 18.2 Å². The van der Waals surface area contributed by atoms with Gasteiger partial charge in [0.05, 0.1) is 12.2 Å². The highest BCUT2D eigenvalue weighted by atomic mass is 19.4. The van der Waals surface area contributed by atoms with Crippen LogP contribution in [0, 0.1) is 0 Å². The van der Waals surface area contributed by atoms with Crippen LogP contribution >= 0.6 is 0 Å². The van der Waals surface area contributed by atoms with Gasteiger partial charge in [-0.25, -0.2) is 4.79 Å². The van der Waals surface area contributed by atoms with Crippen molar-refractivity contribution in [2.45, 2.75) is 6.18 Å². The molecule has 0 spiro atoms. The summed E-state index contributed by atoms with van der Waals surface area (Å²) in [4.78, 5) is 15.6. The summed E-state index contributed by atoms with van der Waals surface area (Å²) in [5.74, 6) is 0. The Kier molecular flexibility index (Phi) is 5.25. The molecule has 0 unspecified atom stereocenters. The van der Waals surface area contributed by atoms with Crippen LogP contribution < -0.4 is 5.32 Å². The molecule has 1 heterocycles. The standard InChI is InChI=1S/C14H18F3N3O2/c15-14(16,17)11-2-1-3-12(10-11)18-13(22)20-6-4-19(5-7-20)8-9-21/h1-3,10,21H,4-9H2,(H,18,22). The molecule has 1 saturated heterocycles. The molecule has 2 rings (SSSR count). The number of nitrogens with one attached hydrogen (secondary N) is 1. The zero-order valence-electron chi connectivity index (χ0n) is 11.9. The Labute approximate surface area is 126 Å². The molecule has 0 saturated carbocycles. The normalized spacial score (nSPS) is 16.6. The minimum Gasteiger partial charge on any atom is -0.395 e. The molecule has 1 aliphatic rings. The number of nitrogens with zero attached hydrogens (tertiary/aromatic N) is 2. The molecule has 1 fully saturated rings. The van der Waals surface area contributed by atoms with Crippen LogP contribution in [0.3, 0.4) is 0 Å². The third-order valence-electron chi connectivity index (χ3n) is 3.52. The number of anilines is 1. The minimum atomic E-state index is -4.43. The third kappa shape index (κ3) is 4.35. The molecule has 0 aromatic heterocycles. The molecule has 1 aliphatic heterocycles. The van der Waals surface area contributed by atoms with Crippen molar-refractivity contribution in [3.8, 4) is 0 Å². The van der Waals surface area contributed by atoms with Crippen LogP contribution in [-0.2, 0) is 6.18 Å². The molecule has 0 aliphatic carbocycles. The van der Waals surface area contributed by atoms with E-state index in [1.54, 1.807) is 4.90 Å². The number of hydrogen-bond acceptors (Lipinski definition) is 3. The molecular weight excluding hydrogens is 299 g/mol. The van der Waals surface area contributed by atoms with Crippen LogP contribution in [0.1, 0.15) is 5.56 Å². The van der Waals surface area contributed by atoms with E-state index >= 15 is 0 Å². The number of amides is 2. The number of urea groups is 1. The monoisotopic (exact) mass is 317 g/mol. The molecule has 0 bridgehead atoms. The first kappa shape index (κ1) is 16.6. The molecule has 2 amide bonds. The predicted molar refractivity (Wildman–Crippen MR) is 75.6 cm³/mol. The molecule has 8 heteroatoms. The Morgan fingerprint density at radius 1 is 1.23 bits per heavy atom. The first-order valence-electron chi connectivity index (χ1n) is 6.96. The van der Waals surface area contributed by atoms with E-state index in [1.165, 1.54) is 12.1 Å². The second-order valence-electron chi connectivity index (χ2n) is 5.06. The Morgan fingerprint density at radius 2 is 1.91 bits per heavy atom. The molecule has 0 radical (unpaired) electrons. The number of rotatable bonds is 3. The number of β-amino-alcohol motifs (C(OH)–C–C–N with tert-alkyl or cyclic N) is 1. The summed E-state index contributed by atoms with van der Waals surface area (Å²) in [5, 5.41) is 11.3. The molecule has 0 atom stereocenters. The Morgan fingerprint density at radius 3 is 2.50 bits per heavy atom. The van der Waals surface area contributed by atoms with Gasteiger partial charge in [0.25, 0.3) is 0 Å². The average Bonchev–Trinajstić information content (AvgIpc) is 2.48. The number of halogens is 3. The van der Waals surface area contributed by atoms with Gasteiger partial charge in [0.15, 0.2) is 0 Å². The largest absolute Gasteiger partial charge is 0.416 e. The molecule has 5 nitrogen and oxygen atoms in total. The van der Waals surface area contributed by atoms with Gasteiger partial charge >= 0.3 is 12.2 Å². The SMILES string of the molecule is O=C(Nc1cccc(C(F)(F)F)c1)N1CCN(CCO)CC1. The fourth-order valence-electron chi connectivity index (χ4n) is 2.29. The number of hydrogen-bond donors (Lipinski definition) is 2. The fraction of sp³-hybridized carbons (Fsp3) is 0.500. The van der Waals surface area contributed by atoms with Gasteiger partial charge in [0.2, 0.25) is 0 Å². The summed E-state index contributed by atoms with van der Waals surface area (Å²) < 4.78 is 37.9. The summed E-state index contributed by atoms with van der Waals surface area (Å²) in [7, 11) is 0. The van der Waals surface area contributed by atoms with E-state index in [9.17, 15) is 18.0 Å². The van der Waals surface area contributed by atoms with Gasteiger partial charge in [-0.15, -0.1) is 0 Å². The van der Waals surface area contributed by atoms with Crippen LogP contribution in [0.25, 0.3) is 0 Å². The van der Waals surface area contributed by atoms with E-state index < -0.39 is 17.8 Å². The number of aliphatic hydroxyl groups excluding tert-OH is 1. The van der Waals surface area contributed by atoms with Crippen molar-refractivity contribution in [2.24, 2.45) is 0 Å². The lowest BCUT2D eigenvalue weighted by molar-refractivity contribution is -0.137. The van der Waals surface area contributed by atoms with Crippen LogP contribution in [0.5, 0.6) is 0 Å². The predicted octanol–water partition coefficient (Wildman–Crippen LogP) is 1.85. The first-order valence-corrected chi connectivity index (χ1v) is 6.96. The summed E-state index contributed by atoms with van der Waals surface area (Å²) in [6.07, 6.45) is -4.43. The quantitative estimate of drug-likeness (QED) is 0.894. The van der Waals surface area contributed by atoms with Crippen LogP contribution in [0.4, 0.5) is 23.7 Å². The zero-order chi connectivity index (χ0) is 16.2. The van der Waals surface area contributed by atoms with Crippen LogP contribution in [-0.4, -0.2) is 60.3 Å². The van der Waals surface area contributed by atoms with Crippen molar-refractivity contribution in [3.63, 3.8) is 0 Å². The molecule has 1 aromatic carbocycles. The maximum atomic E-state index is 12.6. The van der Waals surface area contributed by atoms with Crippen LogP contribution in [0.15, 0.2) is 24.3 Å². The minimum absolute atomic E-state index is 0.0659. The number of carbonyl (C=O) groups excluding carboxylic acids is 1. The second kappa shape index (κ2) is 6.97. The van der Waals surface area contributed by atoms with E-state index in [0.29, 0.717) is 32.7 Å². The van der Waals surface area contributed by atoms with Crippen molar-refractivity contribution >= 4 is 11.7 Å². The van der Waals surface area contributed by atoms with Crippen molar-refractivity contribution in [1.82, 2.24) is 9.80 Å². The molecule has 122 valence electrons. The zero-order valence-corrected chi connectivity index (χ0v) is 11.9. The third-order valence-corrected chi connectivity index (χ3v) is 3.52. The Balaban J connectivity index is 1.93. The lowest BCUT2D eigenvalue weighted by Gasteiger charge is -2.34. The number of benzene rings is 1. The van der Waals surface area contributed by atoms with Gasteiger partial charge in [-0.1, -0.05) is 6.07 Å². The molecular formula is C14H18F3N3O2. The second-order valence-corrected chi connectivity index (χ2v) is 5.06. The van der Waals surface area contributed by atoms with Crippen molar-refractivity contribution in [1.29, 1.82) is 0 Å². The van der Waals surface area contributed by atoms with Gasteiger partial charge in [0, 0.05) is 38.4 Å². The topological polar surface area (TPSA) is 55.8 Å². The van der Waals surface area contributed by atoms with Crippen molar-refractivity contribution in [3.05, 3.63) is 29.8 Å². The average molecular weight is 317 g/mol. The Bertz CT molecular complexity index is 514. The van der Waals surface area contributed by atoms with E-state index in [-0.39, 0.29) is 12.3 Å². The molecule has 2 N–H and O–H groups in total. The van der Waals surface area contributed by atoms with Crippen molar-refractivity contribution in [2.75, 3.05) is 44.6 Å². The summed E-state index contributed by atoms with van der Waals surface area (Å²) in [6.45, 7) is 2.85. The maximum Gasteiger partial charge on any atom is 0.416 e. The highest BCUT2D eigenvalue weighted by Gasteiger charge is 2.30. The van der Waals surface area contributed by atoms with E-state index in [0.717, 1.165) is 12.1 Å². The maximum absolute atomic E-state index is 12.6. The highest BCUT2D eigenvalue weighted by molar-refractivity contribution is 5.89. The number of aliphatic hydroxyl groups is 1. The van der Waals surface area contributed by atoms with Gasteiger partial charge in [0.1, 0.15) is 0 Å². The smallest absolute Gasteiger partial charge is 0.395 e. The van der Waals surface area contributed by atoms with E-state index in [4.69, 9.17) is 5.11 Å². The van der Waals surface area contributed by atoms with E-state index in [1.807, 2.05) is 4.90 Å². The van der Waals surface area contributed by atoms with Crippen molar-refractivity contribution < 1.29 is 23.1 Å². The lowest BCUT2D eigenvalue weighted by atomic mass is 10.2. The number of piperazine rings is 1. The van der Waals surface area contributed by atoms with E-state index in [2.05, 4.69) is 5.32 Å². The number of carbonyl (C=O) groups is 1. The summed E-state index contributed by atoms with van der Waals surface area (Å²) in [6, 6.07) is 4.15. The van der Waals surface area contributed by atoms with Gasteiger partial charge in [-0.3, -0.25) is 4.90 Å². The van der Waals surface area contributed by atoms with Crippen LogP contribution in [0.2, 0.25) is 0 Å². The van der Waals surface area contributed by atoms with Gasteiger partial charge in [-0.2, -0.15) is 13.2 Å². The first-order chi connectivity index (χ1) is 10.4. The molecule has 1 aromatic rings. The lowest BCUT2D eigenvalue weighted by Crippen LogP contribution is -2.50. The molecule has 22 heavy (non-hydrogen) atoms. The van der Waals surface area contributed by atoms with Gasteiger partial charge < -0.3 is 15.3 Å². The fourth-order valence-corrected chi connectivity index (χ4v) is 2.29. The Hall–Kier alpha value is -1.80. The highest BCUT2D eigenvalue weighted by Crippen LogP contribution is 2.30. The summed E-state index contributed by atoms with van der Waals surface area (Å²) in [5.41, 5.74) is -0.671.